The minimum absolute atomic E-state index is 0.0150. The van der Waals surface area contributed by atoms with Crippen LogP contribution in [0.5, 0.6) is 0 Å². The summed E-state index contributed by atoms with van der Waals surface area (Å²) < 4.78 is 4.93. The van der Waals surface area contributed by atoms with Gasteiger partial charge in [-0.15, -0.1) is 5.92 Å². The minimum atomic E-state index is 0.0150. The molecule has 0 aliphatic carbocycles. The van der Waals surface area contributed by atoms with Crippen LogP contribution in [0.2, 0.25) is 0 Å². The van der Waals surface area contributed by atoms with E-state index in [2.05, 4.69) is 11.8 Å². The highest BCUT2D eigenvalue weighted by atomic mass is 16.5. The molecule has 0 aromatic rings. The molecule has 0 spiro atoms. The number of carbonyl (C=O) groups is 1. The van der Waals surface area contributed by atoms with Crippen molar-refractivity contribution in [2.24, 2.45) is 0 Å². The highest BCUT2D eigenvalue weighted by Crippen LogP contribution is 1.98. The van der Waals surface area contributed by atoms with Crippen LogP contribution < -0.4 is 0 Å². The lowest BCUT2D eigenvalue weighted by molar-refractivity contribution is -0.120. The molecule has 1 unspecified atom stereocenters. The zero-order valence-corrected chi connectivity index (χ0v) is 7.31. The van der Waals surface area contributed by atoms with Crippen LogP contribution in [0.3, 0.4) is 0 Å². The molecular formula is C9H14O2. The van der Waals surface area contributed by atoms with Crippen LogP contribution in [-0.2, 0) is 9.53 Å². The van der Waals surface area contributed by atoms with E-state index in [1.165, 1.54) is 0 Å². The molecule has 0 aliphatic heterocycles. The quantitative estimate of drug-likeness (QED) is 0.572. The zero-order chi connectivity index (χ0) is 8.69. The van der Waals surface area contributed by atoms with E-state index in [0.717, 1.165) is 0 Å². The Kier molecular flexibility index (Phi) is 5.50. The Balaban J connectivity index is 3.57. The number of Topliss-reactive ketones (excluding diaryl/α,β-unsaturated/α-hetero) is 1. The summed E-state index contributed by atoms with van der Waals surface area (Å²) in [5, 5.41) is 0. The fraction of sp³-hybridized carbons (Fsp3) is 0.667. The van der Waals surface area contributed by atoms with Gasteiger partial charge in [-0.25, -0.2) is 0 Å². The Morgan fingerprint density at radius 1 is 1.64 bits per heavy atom. The van der Waals surface area contributed by atoms with Crippen LogP contribution >= 0.6 is 0 Å². The summed E-state index contributed by atoms with van der Waals surface area (Å²) in [4.78, 5) is 11.0. The average Bonchev–Trinajstić information content (AvgIpc) is 2.00. The molecule has 0 saturated heterocycles. The fourth-order valence-electron chi connectivity index (χ4n) is 0.663. The highest BCUT2D eigenvalue weighted by Gasteiger charge is 2.05. The monoisotopic (exact) mass is 154 g/mol. The molecule has 11 heavy (non-hydrogen) atoms. The fourth-order valence-corrected chi connectivity index (χ4v) is 0.663. The molecule has 0 bridgehead atoms. The molecule has 1 atom stereocenters. The Morgan fingerprint density at radius 2 is 2.27 bits per heavy atom. The van der Waals surface area contributed by atoms with Crippen LogP contribution in [-0.4, -0.2) is 19.0 Å². The molecule has 0 fully saturated rings. The Morgan fingerprint density at radius 3 is 2.73 bits per heavy atom. The van der Waals surface area contributed by atoms with Crippen LogP contribution in [0.1, 0.15) is 26.7 Å². The van der Waals surface area contributed by atoms with Crippen molar-refractivity contribution < 1.29 is 9.53 Å². The van der Waals surface area contributed by atoms with Crippen molar-refractivity contribution in [3.63, 3.8) is 0 Å². The van der Waals surface area contributed by atoms with Gasteiger partial charge in [-0.3, -0.25) is 4.79 Å². The maximum Gasteiger partial charge on any atom is 0.147 e. The predicted octanol–water partition coefficient (Wildman–Crippen LogP) is 1.39. The number of rotatable bonds is 4. The largest absolute Gasteiger partial charge is 0.381 e. The van der Waals surface area contributed by atoms with Gasteiger partial charge < -0.3 is 4.74 Å². The predicted molar refractivity (Wildman–Crippen MR) is 44.2 cm³/mol. The van der Waals surface area contributed by atoms with E-state index in [4.69, 9.17) is 4.74 Å². The molecule has 0 saturated carbocycles. The maximum atomic E-state index is 11.0. The van der Waals surface area contributed by atoms with Crippen molar-refractivity contribution in [3.05, 3.63) is 0 Å². The number of carbonyl (C=O) groups excluding carboxylic acids is 1. The third-order valence-corrected chi connectivity index (χ3v) is 1.38. The van der Waals surface area contributed by atoms with Gasteiger partial charge in [-0.2, -0.15) is 0 Å². The van der Waals surface area contributed by atoms with Crippen molar-refractivity contribution in [3.8, 4) is 11.8 Å². The molecule has 0 heterocycles. The first-order chi connectivity index (χ1) is 5.20. The summed E-state index contributed by atoms with van der Waals surface area (Å²) in [6, 6.07) is 0. The lowest BCUT2D eigenvalue weighted by Crippen LogP contribution is -2.11. The topological polar surface area (TPSA) is 26.3 Å². The van der Waals surface area contributed by atoms with Crippen molar-refractivity contribution >= 4 is 5.78 Å². The van der Waals surface area contributed by atoms with E-state index in [-0.39, 0.29) is 11.9 Å². The maximum absolute atomic E-state index is 11.0. The van der Waals surface area contributed by atoms with Crippen LogP contribution in [0.4, 0.5) is 0 Å². The van der Waals surface area contributed by atoms with Crippen molar-refractivity contribution in [2.45, 2.75) is 32.8 Å². The molecule has 0 amide bonds. The number of hydrogen-bond acceptors (Lipinski definition) is 2. The Bertz CT molecular complexity index is 174. The van der Waals surface area contributed by atoms with E-state index in [1.54, 1.807) is 14.0 Å². The number of methoxy groups -OCH3 is 1. The number of ketones is 1. The van der Waals surface area contributed by atoms with Gasteiger partial charge in [-0.05, 0) is 13.8 Å². The van der Waals surface area contributed by atoms with E-state index in [0.29, 0.717) is 12.8 Å². The van der Waals surface area contributed by atoms with Gasteiger partial charge in [0.15, 0.2) is 0 Å². The van der Waals surface area contributed by atoms with Gasteiger partial charge in [0.25, 0.3) is 0 Å². The van der Waals surface area contributed by atoms with Crippen LogP contribution in [0, 0.1) is 11.8 Å². The summed E-state index contributed by atoms with van der Waals surface area (Å²) >= 11 is 0. The summed E-state index contributed by atoms with van der Waals surface area (Å²) in [7, 11) is 1.60. The molecule has 0 aromatic heterocycles. The van der Waals surface area contributed by atoms with Crippen molar-refractivity contribution in [1.29, 1.82) is 0 Å². The van der Waals surface area contributed by atoms with Gasteiger partial charge >= 0.3 is 0 Å². The summed E-state index contributed by atoms with van der Waals surface area (Å²) in [5.74, 6) is 5.55. The lowest BCUT2D eigenvalue weighted by Gasteiger charge is -2.05. The van der Waals surface area contributed by atoms with Crippen LogP contribution in [0.25, 0.3) is 0 Å². The third-order valence-electron chi connectivity index (χ3n) is 1.38. The third kappa shape index (κ3) is 5.63. The minimum Gasteiger partial charge on any atom is -0.381 e. The first kappa shape index (κ1) is 10.2. The SMILES string of the molecule is CC#CCC(=O)CC(C)OC. The van der Waals surface area contributed by atoms with E-state index in [9.17, 15) is 4.79 Å². The van der Waals surface area contributed by atoms with Gasteiger partial charge in [0.2, 0.25) is 0 Å². The van der Waals surface area contributed by atoms with E-state index in [1.807, 2.05) is 6.92 Å². The summed E-state index contributed by atoms with van der Waals surface area (Å²) in [5.41, 5.74) is 0. The number of ether oxygens (including phenoxy) is 1. The zero-order valence-electron chi connectivity index (χ0n) is 7.31. The second-order valence-corrected chi connectivity index (χ2v) is 2.39. The molecule has 62 valence electrons. The molecule has 0 aliphatic rings. The van der Waals surface area contributed by atoms with Gasteiger partial charge in [0, 0.05) is 13.5 Å². The molecule has 0 radical (unpaired) electrons. The first-order valence-corrected chi connectivity index (χ1v) is 3.64. The highest BCUT2D eigenvalue weighted by molar-refractivity contribution is 5.81. The second-order valence-electron chi connectivity index (χ2n) is 2.39. The Labute approximate surface area is 67.9 Å². The standard InChI is InChI=1S/C9H14O2/c1-4-5-6-9(10)7-8(2)11-3/h8H,6-7H2,1-3H3. The normalized spacial score (nSPS) is 11.5. The molecule has 0 N–H and O–H groups in total. The van der Waals surface area contributed by atoms with Gasteiger partial charge in [0.05, 0.1) is 12.5 Å². The van der Waals surface area contributed by atoms with Gasteiger partial charge in [0.1, 0.15) is 5.78 Å². The lowest BCUT2D eigenvalue weighted by atomic mass is 10.1. The molecule has 0 rings (SSSR count). The molecule has 2 nitrogen and oxygen atoms in total. The number of hydrogen-bond donors (Lipinski definition) is 0. The summed E-state index contributed by atoms with van der Waals surface area (Å²) in [6.45, 7) is 3.60. The van der Waals surface area contributed by atoms with Gasteiger partial charge in [-0.1, -0.05) is 5.92 Å². The average molecular weight is 154 g/mol. The van der Waals surface area contributed by atoms with Crippen molar-refractivity contribution in [2.75, 3.05) is 7.11 Å². The van der Waals surface area contributed by atoms with Crippen molar-refractivity contribution in [1.82, 2.24) is 0 Å². The molecular weight excluding hydrogens is 140 g/mol. The van der Waals surface area contributed by atoms with E-state index < -0.39 is 0 Å². The molecule has 0 aromatic carbocycles. The van der Waals surface area contributed by atoms with E-state index >= 15 is 0 Å². The van der Waals surface area contributed by atoms with Crippen LogP contribution in [0.15, 0.2) is 0 Å². The Hall–Kier alpha value is -0.810. The smallest absolute Gasteiger partial charge is 0.147 e. The first-order valence-electron chi connectivity index (χ1n) is 3.64. The second kappa shape index (κ2) is 5.94. The summed E-state index contributed by atoms with van der Waals surface area (Å²) in [6.07, 6.45) is 0.830. The molecule has 2 heteroatoms.